The molecular formula is C20H19N3O4. The Balaban J connectivity index is 1.55. The molecule has 0 saturated carbocycles. The van der Waals surface area contributed by atoms with Gasteiger partial charge in [0, 0.05) is 11.3 Å². The van der Waals surface area contributed by atoms with E-state index < -0.39 is 0 Å². The zero-order valence-electron chi connectivity index (χ0n) is 14.8. The maximum atomic E-state index is 12.7. The Morgan fingerprint density at radius 2 is 1.93 bits per heavy atom. The lowest BCUT2D eigenvalue weighted by Crippen LogP contribution is -2.15. The first-order chi connectivity index (χ1) is 13.2. The lowest BCUT2D eigenvalue weighted by molar-refractivity contribution is 0.102. The van der Waals surface area contributed by atoms with Gasteiger partial charge in [-0.15, -0.1) is 0 Å². The standard InChI is InChI=1S/C20H19N3O4/c1-2-25-15-6-4-14(5-7-15)22-20(24)16-12-21-23-19(16)13-3-8-17-18(11-13)27-10-9-26-17/h3-8,11-12H,2,9-10H2,1H3,(H,21,23)(H,22,24). The van der Waals surface area contributed by atoms with Crippen LogP contribution < -0.4 is 19.5 Å². The lowest BCUT2D eigenvalue weighted by Gasteiger charge is -2.18. The molecule has 0 unspecified atom stereocenters. The second kappa shape index (κ2) is 7.41. The number of hydrogen-bond acceptors (Lipinski definition) is 5. The molecule has 0 spiro atoms. The number of nitrogens with zero attached hydrogens (tertiary/aromatic N) is 1. The molecule has 0 aliphatic carbocycles. The van der Waals surface area contributed by atoms with E-state index in [0.29, 0.717) is 48.3 Å². The molecule has 4 rings (SSSR count). The van der Waals surface area contributed by atoms with Gasteiger partial charge in [0.1, 0.15) is 19.0 Å². The van der Waals surface area contributed by atoms with Gasteiger partial charge in [-0.2, -0.15) is 5.10 Å². The van der Waals surface area contributed by atoms with Crippen LogP contribution in [0.1, 0.15) is 17.3 Å². The van der Waals surface area contributed by atoms with Gasteiger partial charge in [-0.3, -0.25) is 9.89 Å². The molecule has 27 heavy (non-hydrogen) atoms. The topological polar surface area (TPSA) is 85.5 Å². The van der Waals surface area contributed by atoms with E-state index in [0.717, 1.165) is 11.3 Å². The van der Waals surface area contributed by atoms with Crippen molar-refractivity contribution in [2.24, 2.45) is 0 Å². The largest absolute Gasteiger partial charge is 0.494 e. The second-order valence-electron chi connectivity index (χ2n) is 5.93. The summed E-state index contributed by atoms with van der Waals surface area (Å²) in [5.74, 6) is 1.87. The van der Waals surface area contributed by atoms with E-state index in [2.05, 4.69) is 15.5 Å². The Morgan fingerprint density at radius 1 is 1.15 bits per heavy atom. The summed E-state index contributed by atoms with van der Waals surface area (Å²) in [5, 5.41) is 9.80. The van der Waals surface area contributed by atoms with Crippen LogP contribution in [0.15, 0.2) is 48.7 Å². The fourth-order valence-corrected chi connectivity index (χ4v) is 2.88. The number of carbonyl (C=O) groups excluding carboxylic acids is 1. The van der Waals surface area contributed by atoms with Crippen molar-refractivity contribution in [2.45, 2.75) is 6.92 Å². The third-order valence-electron chi connectivity index (χ3n) is 4.14. The van der Waals surface area contributed by atoms with E-state index in [1.807, 2.05) is 37.3 Å². The summed E-state index contributed by atoms with van der Waals surface area (Å²) in [7, 11) is 0. The minimum atomic E-state index is -0.252. The van der Waals surface area contributed by atoms with Crippen LogP contribution in [0.2, 0.25) is 0 Å². The SMILES string of the molecule is CCOc1ccc(NC(=O)c2cn[nH]c2-c2ccc3c(c2)OCCO3)cc1. The van der Waals surface area contributed by atoms with Crippen molar-refractivity contribution in [3.63, 3.8) is 0 Å². The summed E-state index contributed by atoms with van der Waals surface area (Å²) in [6.07, 6.45) is 1.51. The molecule has 1 aliphatic rings. The smallest absolute Gasteiger partial charge is 0.259 e. The molecule has 2 N–H and O–H groups in total. The number of carbonyl (C=O) groups is 1. The molecule has 1 aromatic heterocycles. The van der Waals surface area contributed by atoms with Crippen molar-refractivity contribution in [2.75, 3.05) is 25.1 Å². The number of ether oxygens (including phenoxy) is 3. The van der Waals surface area contributed by atoms with Gasteiger partial charge in [0.05, 0.1) is 24.1 Å². The van der Waals surface area contributed by atoms with Crippen LogP contribution in [0.3, 0.4) is 0 Å². The number of anilines is 1. The Labute approximate surface area is 156 Å². The third-order valence-corrected chi connectivity index (χ3v) is 4.14. The summed E-state index contributed by atoms with van der Waals surface area (Å²) in [6.45, 7) is 3.56. The summed E-state index contributed by atoms with van der Waals surface area (Å²) >= 11 is 0. The van der Waals surface area contributed by atoms with Gasteiger partial charge < -0.3 is 19.5 Å². The molecule has 0 saturated heterocycles. The quantitative estimate of drug-likeness (QED) is 0.723. The van der Waals surface area contributed by atoms with Crippen LogP contribution in [0.4, 0.5) is 5.69 Å². The summed E-state index contributed by atoms with van der Waals surface area (Å²) in [5.41, 5.74) is 2.54. The first kappa shape index (κ1) is 17.0. The van der Waals surface area contributed by atoms with E-state index in [-0.39, 0.29) is 5.91 Å². The van der Waals surface area contributed by atoms with Crippen LogP contribution in [-0.4, -0.2) is 35.9 Å². The number of benzene rings is 2. The molecule has 138 valence electrons. The summed E-state index contributed by atoms with van der Waals surface area (Å²) in [6, 6.07) is 12.8. The number of H-pyrrole nitrogens is 1. The Hall–Kier alpha value is -3.48. The normalized spacial score (nSPS) is 12.5. The van der Waals surface area contributed by atoms with Gasteiger partial charge in [0.25, 0.3) is 5.91 Å². The van der Waals surface area contributed by atoms with Crippen LogP contribution in [0.25, 0.3) is 11.3 Å². The Bertz CT molecular complexity index is 950. The first-order valence-electron chi connectivity index (χ1n) is 8.72. The molecule has 3 aromatic rings. The highest BCUT2D eigenvalue weighted by atomic mass is 16.6. The maximum Gasteiger partial charge on any atom is 0.259 e. The zero-order valence-corrected chi connectivity index (χ0v) is 14.8. The molecule has 1 amide bonds. The van der Waals surface area contributed by atoms with Crippen molar-refractivity contribution in [1.29, 1.82) is 0 Å². The minimum absolute atomic E-state index is 0.252. The van der Waals surface area contributed by atoms with Gasteiger partial charge in [-0.25, -0.2) is 0 Å². The van der Waals surface area contributed by atoms with E-state index >= 15 is 0 Å². The number of rotatable bonds is 5. The molecule has 0 bridgehead atoms. The van der Waals surface area contributed by atoms with Gasteiger partial charge >= 0.3 is 0 Å². The molecule has 2 aromatic carbocycles. The zero-order chi connectivity index (χ0) is 18.6. The Kier molecular flexibility index (Phi) is 4.65. The fraction of sp³-hybridized carbons (Fsp3) is 0.200. The molecule has 0 radical (unpaired) electrons. The Morgan fingerprint density at radius 3 is 2.70 bits per heavy atom. The van der Waals surface area contributed by atoms with Crippen molar-refractivity contribution in [3.05, 3.63) is 54.2 Å². The molecule has 1 aliphatic heterocycles. The van der Waals surface area contributed by atoms with Crippen molar-refractivity contribution in [3.8, 4) is 28.5 Å². The first-order valence-corrected chi connectivity index (χ1v) is 8.72. The van der Waals surface area contributed by atoms with Crippen LogP contribution in [0, 0.1) is 0 Å². The van der Waals surface area contributed by atoms with Gasteiger partial charge in [0.15, 0.2) is 11.5 Å². The molecule has 7 heteroatoms. The number of aromatic amines is 1. The third kappa shape index (κ3) is 3.57. The van der Waals surface area contributed by atoms with Gasteiger partial charge in [0.2, 0.25) is 0 Å². The second-order valence-corrected chi connectivity index (χ2v) is 5.93. The highest BCUT2D eigenvalue weighted by molar-refractivity contribution is 6.08. The predicted octanol–water partition coefficient (Wildman–Crippen LogP) is 3.50. The van der Waals surface area contributed by atoms with Gasteiger partial charge in [-0.1, -0.05) is 0 Å². The number of nitrogens with one attached hydrogen (secondary N) is 2. The average molecular weight is 365 g/mol. The average Bonchev–Trinajstić information content (AvgIpc) is 3.19. The van der Waals surface area contributed by atoms with Crippen LogP contribution in [0.5, 0.6) is 17.2 Å². The molecule has 2 heterocycles. The highest BCUT2D eigenvalue weighted by Crippen LogP contribution is 2.35. The highest BCUT2D eigenvalue weighted by Gasteiger charge is 2.18. The molecule has 0 atom stereocenters. The predicted molar refractivity (Wildman–Crippen MR) is 101 cm³/mol. The molecular weight excluding hydrogens is 346 g/mol. The number of aromatic nitrogens is 2. The number of fused-ring (bicyclic) bond motifs is 1. The van der Waals surface area contributed by atoms with Crippen molar-refractivity contribution >= 4 is 11.6 Å². The van der Waals surface area contributed by atoms with E-state index in [4.69, 9.17) is 14.2 Å². The molecule has 7 nitrogen and oxygen atoms in total. The minimum Gasteiger partial charge on any atom is -0.494 e. The van der Waals surface area contributed by atoms with Crippen LogP contribution in [-0.2, 0) is 0 Å². The van der Waals surface area contributed by atoms with Crippen molar-refractivity contribution in [1.82, 2.24) is 10.2 Å². The van der Waals surface area contributed by atoms with Gasteiger partial charge in [-0.05, 0) is 49.4 Å². The summed E-state index contributed by atoms with van der Waals surface area (Å²) < 4.78 is 16.6. The van der Waals surface area contributed by atoms with Crippen LogP contribution >= 0.6 is 0 Å². The molecule has 0 fully saturated rings. The van der Waals surface area contributed by atoms with E-state index in [1.54, 1.807) is 12.1 Å². The maximum absolute atomic E-state index is 12.7. The fourth-order valence-electron chi connectivity index (χ4n) is 2.88. The number of amides is 1. The monoisotopic (exact) mass is 365 g/mol. The van der Waals surface area contributed by atoms with E-state index in [1.165, 1.54) is 6.20 Å². The van der Waals surface area contributed by atoms with E-state index in [9.17, 15) is 4.79 Å². The summed E-state index contributed by atoms with van der Waals surface area (Å²) in [4.78, 5) is 12.7. The lowest BCUT2D eigenvalue weighted by atomic mass is 10.1. The number of hydrogen-bond donors (Lipinski definition) is 2. The van der Waals surface area contributed by atoms with Crippen molar-refractivity contribution < 1.29 is 19.0 Å².